The van der Waals surface area contributed by atoms with Crippen molar-refractivity contribution in [2.75, 3.05) is 11.4 Å². The number of nitrogens with zero attached hydrogens (tertiary/aromatic N) is 1. The summed E-state index contributed by atoms with van der Waals surface area (Å²) in [6.07, 6.45) is 1.36. The first kappa shape index (κ1) is 15.6. The molecule has 1 aliphatic heterocycles. The van der Waals surface area contributed by atoms with Crippen molar-refractivity contribution < 1.29 is 9.90 Å². The maximum absolute atomic E-state index is 12.8. The van der Waals surface area contributed by atoms with E-state index in [-0.39, 0.29) is 11.7 Å². The van der Waals surface area contributed by atoms with E-state index in [0.717, 1.165) is 28.8 Å². The predicted octanol–water partition coefficient (Wildman–Crippen LogP) is 2.47. The SMILES string of the molecule is Cc1cc(O)cc(C)c1C[C@H](N)C(=O)N1CCc2ccccc21. The molecule has 1 amide bonds. The Morgan fingerprint density at radius 2 is 1.91 bits per heavy atom. The quantitative estimate of drug-likeness (QED) is 0.915. The molecule has 0 bridgehead atoms. The van der Waals surface area contributed by atoms with E-state index in [1.165, 1.54) is 5.56 Å². The highest BCUT2D eigenvalue weighted by Crippen LogP contribution is 2.28. The van der Waals surface area contributed by atoms with Gasteiger partial charge in [0.15, 0.2) is 0 Å². The minimum atomic E-state index is -0.580. The molecule has 0 saturated heterocycles. The zero-order valence-corrected chi connectivity index (χ0v) is 13.5. The van der Waals surface area contributed by atoms with Crippen LogP contribution in [-0.2, 0) is 17.6 Å². The normalized spacial score (nSPS) is 14.7. The van der Waals surface area contributed by atoms with Gasteiger partial charge < -0.3 is 15.7 Å². The van der Waals surface area contributed by atoms with Crippen molar-refractivity contribution in [2.24, 2.45) is 5.73 Å². The number of carbonyl (C=O) groups excluding carboxylic acids is 1. The lowest BCUT2D eigenvalue weighted by atomic mass is 9.95. The Morgan fingerprint density at radius 1 is 1.26 bits per heavy atom. The van der Waals surface area contributed by atoms with E-state index < -0.39 is 6.04 Å². The van der Waals surface area contributed by atoms with Crippen LogP contribution in [0.15, 0.2) is 36.4 Å². The van der Waals surface area contributed by atoms with Gasteiger partial charge in [0.05, 0.1) is 6.04 Å². The standard InChI is InChI=1S/C19H22N2O2/c1-12-9-15(22)10-13(2)16(12)11-17(20)19(23)21-8-7-14-5-3-4-6-18(14)21/h3-6,9-10,17,22H,7-8,11,20H2,1-2H3/t17-/m0/s1. The summed E-state index contributed by atoms with van der Waals surface area (Å²) in [5.41, 5.74) is 11.4. The molecule has 0 saturated carbocycles. The van der Waals surface area contributed by atoms with Crippen LogP contribution in [0, 0.1) is 13.8 Å². The first-order valence-electron chi connectivity index (χ1n) is 7.91. The van der Waals surface area contributed by atoms with E-state index in [1.807, 2.05) is 32.0 Å². The molecule has 120 valence electrons. The number of rotatable bonds is 3. The van der Waals surface area contributed by atoms with Crippen molar-refractivity contribution in [1.82, 2.24) is 0 Å². The fourth-order valence-electron chi connectivity index (χ4n) is 3.37. The number of phenols is 1. The Morgan fingerprint density at radius 3 is 2.61 bits per heavy atom. The van der Waals surface area contributed by atoms with Crippen molar-refractivity contribution in [3.05, 3.63) is 58.7 Å². The van der Waals surface area contributed by atoms with Gasteiger partial charge in [-0.25, -0.2) is 0 Å². The van der Waals surface area contributed by atoms with Gasteiger partial charge in [-0.2, -0.15) is 0 Å². The van der Waals surface area contributed by atoms with E-state index in [0.29, 0.717) is 13.0 Å². The summed E-state index contributed by atoms with van der Waals surface area (Å²) < 4.78 is 0. The molecule has 0 aliphatic carbocycles. The molecule has 1 heterocycles. The van der Waals surface area contributed by atoms with E-state index >= 15 is 0 Å². The molecule has 1 aliphatic rings. The number of phenolic OH excluding ortho intramolecular Hbond substituents is 1. The Balaban J connectivity index is 1.80. The summed E-state index contributed by atoms with van der Waals surface area (Å²) in [4.78, 5) is 14.6. The summed E-state index contributed by atoms with van der Waals surface area (Å²) >= 11 is 0. The molecule has 1 atom stereocenters. The van der Waals surface area contributed by atoms with Crippen LogP contribution in [0.5, 0.6) is 5.75 Å². The molecular weight excluding hydrogens is 288 g/mol. The van der Waals surface area contributed by atoms with Gasteiger partial charge in [-0.05, 0) is 67.1 Å². The van der Waals surface area contributed by atoms with Crippen molar-refractivity contribution in [1.29, 1.82) is 0 Å². The molecule has 3 N–H and O–H groups in total. The van der Waals surface area contributed by atoms with Crippen molar-refractivity contribution in [2.45, 2.75) is 32.7 Å². The smallest absolute Gasteiger partial charge is 0.244 e. The molecule has 0 aromatic heterocycles. The zero-order valence-electron chi connectivity index (χ0n) is 13.5. The molecule has 0 spiro atoms. The number of aryl methyl sites for hydroxylation is 2. The van der Waals surface area contributed by atoms with Gasteiger partial charge >= 0.3 is 0 Å². The molecule has 2 aromatic rings. The van der Waals surface area contributed by atoms with Gasteiger partial charge in [0.1, 0.15) is 5.75 Å². The average Bonchev–Trinajstić information content (AvgIpc) is 2.93. The minimum Gasteiger partial charge on any atom is -0.508 e. The highest BCUT2D eigenvalue weighted by Gasteiger charge is 2.28. The Labute approximate surface area is 136 Å². The summed E-state index contributed by atoms with van der Waals surface area (Å²) in [6.45, 7) is 4.56. The Bertz CT molecular complexity index is 732. The van der Waals surface area contributed by atoms with Crippen LogP contribution < -0.4 is 10.6 Å². The van der Waals surface area contributed by atoms with Crippen molar-refractivity contribution in [3.63, 3.8) is 0 Å². The number of nitrogens with two attached hydrogens (primary N) is 1. The fourth-order valence-corrected chi connectivity index (χ4v) is 3.37. The van der Waals surface area contributed by atoms with Crippen LogP contribution in [0.4, 0.5) is 5.69 Å². The predicted molar refractivity (Wildman–Crippen MR) is 91.8 cm³/mol. The highest BCUT2D eigenvalue weighted by atomic mass is 16.3. The second kappa shape index (κ2) is 6.05. The molecule has 0 fully saturated rings. The van der Waals surface area contributed by atoms with Crippen LogP contribution in [0.2, 0.25) is 0 Å². The lowest BCUT2D eigenvalue weighted by molar-refractivity contribution is -0.119. The Hall–Kier alpha value is -2.33. The number of aromatic hydroxyl groups is 1. The zero-order chi connectivity index (χ0) is 16.6. The van der Waals surface area contributed by atoms with Gasteiger partial charge in [0.25, 0.3) is 0 Å². The number of para-hydroxylation sites is 1. The van der Waals surface area contributed by atoms with Gasteiger partial charge in [-0.3, -0.25) is 4.79 Å². The van der Waals surface area contributed by atoms with Crippen molar-refractivity contribution in [3.8, 4) is 5.75 Å². The topological polar surface area (TPSA) is 66.6 Å². The van der Waals surface area contributed by atoms with Gasteiger partial charge in [0.2, 0.25) is 5.91 Å². The second-order valence-electron chi connectivity index (χ2n) is 6.24. The maximum atomic E-state index is 12.8. The van der Waals surface area contributed by atoms with Gasteiger partial charge in [-0.1, -0.05) is 18.2 Å². The Kier molecular flexibility index (Phi) is 4.09. The van der Waals surface area contributed by atoms with E-state index in [4.69, 9.17) is 5.73 Å². The van der Waals surface area contributed by atoms with Crippen LogP contribution in [0.3, 0.4) is 0 Å². The lowest BCUT2D eigenvalue weighted by Crippen LogP contribution is -2.44. The van der Waals surface area contributed by atoms with Crippen LogP contribution >= 0.6 is 0 Å². The van der Waals surface area contributed by atoms with E-state index in [9.17, 15) is 9.90 Å². The van der Waals surface area contributed by atoms with Crippen LogP contribution in [0.1, 0.15) is 22.3 Å². The molecule has 4 heteroatoms. The molecular formula is C19H22N2O2. The summed E-state index contributed by atoms with van der Waals surface area (Å²) in [7, 11) is 0. The highest BCUT2D eigenvalue weighted by molar-refractivity contribution is 5.99. The molecule has 2 aromatic carbocycles. The third-order valence-electron chi connectivity index (χ3n) is 4.58. The van der Waals surface area contributed by atoms with Crippen molar-refractivity contribution >= 4 is 11.6 Å². The molecule has 0 radical (unpaired) electrons. The molecule has 0 unspecified atom stereocenters. The van der Waals surface area contributed by atoms with E-state index in [2.05, 4.69) is 6.07 Å². The molecule has 23 heavy (non-hydrogen) atoms. The summed E-state index contributed by atoms with van der Waals surface area (Å²) in [5, 5.41) is 9.64. The van der Waals surface area contributed by atoms with Gasteiger partial charge in [-0.15, -0.1) is 0 Å². The maximum Gasteiger partial charge on any atom is 0.244 e. The number of hydrogen-bond donors (Lipinski definition) is 2. The molecule has 4 nitrogen and oxygen atoms in total. The number of amides is 1. The largest absolute Gasteiger partial charge is 0.508 e. The number of hydrogen-bond acceptors (Lipinski definition) is 3. The third-order valence-corrected chi connectivity index (χ3v) is 4.58. The van der Waals surface area contributed by atoms with Crippen LogP contribution in [-0.4, -0.2) is 23.6 Å². The number of carbonyl (C=O) groups is 1. The first-order valence-corrected chi connectivity index (χ1v) is 7.91. The number of benzene rings is 2. The summed E-state index contributed by atoms with van der Waals surface area (Å²) in [5.74, 6) is 0.207. The monoisotopic (exact) mass is 310 g/mol. The minimum absolute atomic E-state index is 0.0400. The number of fused-ring (bicyclic) bond motifs is 1. The lowest BCUT2D eigenvalue weighted by Gasteiger charge is -2.22. The van der Waals surface area contributed by atoms with E-state index in [1.54, 1.807) is 17.0 Å². The second-order valence-corrected chi connectivity index (χ2v) is 6.24. The molecule has 3 rings (SSSR count). The van der Waals surface area contributed by atoms with Gasteiger partial charge in [0, 0.05) is 12.2 Å². The summed E-state index contributed by atoms with van der Waals surface area (Å²) in [6, 6.07) is 10.8. The number of anilines is 1. The third kappa shape index (κ3) is 2.94. The van der Waals surface area contributed by atoms with Crippen LogP contribution in [0.25, 0.3) is 0 Å². The average molecular weight is 310 g/mol. The first-order chi connectivity index (χ1) is 11.0. The fraction of sp³-hybridized carbons (Fsp3) is 0.316.